The van der Waals surface area contributed by atoms with E-state index in [2.05, 4.69) is 67.2 Å². The summed E-state index contributed by atoms with van der Waals surface area (Å²) >= 11 is 0. The van der Waals surface area contributed by atoms with E-state index in [9.17, 15) is 18.0 Å². The number of allylic oxidation sites excluding steroid dienone is 2. The molecule has 260 valence electrons. The van der Waals surface area contributed by atoms with Gasteiger partial charge in [0.25, 0.3) is 5.71 Å². The number of carbonyl (C=O) groups excluding carboxylic acids is 1. The largest absolute Gasteiger partial charge is 0.477 e. The molecule has 48 heavy (non-hydrogen) atoms. The van der Waals surface area contributed by atoms with Gasteiger partial charge in [0.1, 0.15) is 19.4 Å². The van der Waals surface area contributed by atoms with Crippen LogP contribution in [0.3, 0.4) is 0 Å². The van der Waals surface area contributed by atoms with Crippen molar-refractivity contribution in [1.29, 1.82) is 0 Å². The molecular weight excluding hydrogens is 609 g/mol. The van der Waals surface area contributed by atoms with E-state index in [0.717, 1.165) is 36.3 Å². The van der Waals surface area contributed by atoms with E-state index in [0.29, 0.717) is 54.5 Å². The van der Waals surface area contributed by atoms with Crippen LogP contribution in [0.2, 0.25) is 0 Å². The number of nitrogens with zero attached hydrogens (tertiary/aromatic N) is 3. The highest BCUT2D eigenvalue weighted by atomic mass is 19.4. The molecule has 1 aromatic heterocycles. The van der Waals surface area contributed by atoms with Gasteiger partial charge in [-0.05, 0) is 106 Å². The number of anilines is 2. The van der Waals surface area contributed by atoms with Crippen LogP contribution in [0.4, 0.5) is 24.5 Å². The molecule has 2 aromatic rings. The summed E-state index contributed by atoms with van der Waals surface area (Å²) in [4.78, 5) is 20.4. The molecule has 5 nitrogen and oxygen atoms in total. The smallest absolute Gasteiger partial charge is 0.340 e. The van der Waals surface area contributed by atoms with Gasteiger partial charge in [-0.2, -0.15) is 13.2 Å². The summed E-state index contributed by atoms with van der Waals surface area (Å²) in [6.07, 6.45) is 6.32. The number of benzene rings is 1. The number of ketones is 1. The fourth-order valence-electron chi connectivity index (χ4n) is 7.75. The van der Waals surface area contributed by atoms with Crippen LogP contribution in [0.1, 0.15) is 126 Å². The van der Waals surface area contributed by atoms with Crippen molar-refractivity contribution in [3.8, 4) is 0 Å². The first-order valence-corrected chi connectivity index (χ1v) is 18.0. The zero-order valence-electron chi connectivity index (χ0n) is 29.9. The summed E-state index contributed by atoms with van der Waals surface area (Å²) in [5.41, 5.74) is 4.92. The first kappa shape index (κ1) is 35.9. The van der Waals surface area contributed by atoms with E-state index in [4.69, 9.17) is 0 Å². The third-order valence-electron chi connectivity index (χ3n) is 10.7. The van der Waals surface area contributed by atoms with E-state index >= 15 is 0 Å². The maximum atomic E-state index is 14.1. The standard InChI is InChI=1S/C40H54F3N4O/c1-8-26(4)19-29-13-14-30(21-29)24-47-35-23-31(25(2)3)15-16-33(35)45-37(47)12-10-9-11-36(48)32-20-28(6)44-34(22-32)38-27(5)17-18-46(7)39(38)40(41,42)43/h12,15-16,20,22-23,25-26,29-30,45H,8-11,13-14,17-19,21,24H2,1-7H3/q+1/b37-12-. The molecule has 5 rings (SSSR count). The van der Waals surface area contributed by atoms with E-state index in [1.165, 1.54) is 55.0 Å². The van der Waals surface area contributed by atoms with Crippen molar-refractivity contribution in [2.24, 2.45) is 17.8 Å². The molecule has 0 amide bonds. The Bertz CT molecular complexity index is 1600. The van der Waals surface area contributed by atoms with Crippen molar-refractivity contribution >= 4 is 28.4 Å². The number of carbonyl (C=O) groups is 1. The molecule has 3 atom stereocenters. The maximum absolute atomic E-state index is 14.1. The summed E-state index contributed by atoms with van der Waals surface area (Å²) in [5.74, 6) is 3.71. The monoisotopic (exact) mass is 663 g/mol. The summed E-state index contributed by atoms with van der Waals surface area (Å²) in [7, 11) is 1.46. The van der Waals surface area contributed by atoms with Crippen LogP contribution in [0, 0.1) is 24.7 Å². The van der Waals surface area contributed by atoms with E-state index in [-0.39, 0.29) is 17.1 Å². The SMILES string of the molecule is CCC(C)CC1CCC(CN2/C(=C\CCCC(=O)c3cc(C)nc(C4=C(C)CC[N+](C)=C4C(F)(F)F)c3)Nc3ccc(C(C)C)cc32)C1. The summed E-state index contributed by atoms with van der Waals surface area (Å²) in [6, 6.07) is 9.97. The molecule has 1 fully saturated rings. The van der Waals surface area contributed by atoms with Gasteiger partial charge in [-0.15, -0.1) is 0 Å². The third-order valence-corrected chi connectivity index (χ3v) is 10.7. The molecule has 1 aliphatic carbocycles. The van der Waals surface area contributed by atoms with Gasteiger partial charge in [0.15, 0.2) is 5.78 Å². The number of pyridine rings is 1. The van der Waals surface area contributed by atoms with Crippen molar-refractivity contribution < 1.29 is 22.5 Å². The van der Waals surface area contributed by atoms with Crippen LogP contribution in [0.5, 0.6) is 0 Å². The van der Waals surface area contributed by atoms with E-state index < -0.39 is 11.9 Å². The minimum atomic E-state index is -4.51. The van der Waals surface area contributed by atoms with E-state index in [1.807, 2.05) is 0 Å². The van der Waals surface area contributed by atoms with Gasteiger partial charge >= 0.3 is 6.18 Å². The number of hydrogen-bond donors (Lipinski definition) is 1. The van der Waals surface area contributed by atoms with Crippen LogP contribution in [0.25, 0.3) is 5.57 Å². The highest BCUT2D eigenvalue weighted by molar-refractivity contribution is 6.24. The molecule has 1 N–H and O–H groups in total. The third kappa shape index (κ3) is 8.23. The Labute approximate surface area is 285 Å². The van der Waals surface area contributed by atoms with Crippen molar-refractivity contribution in [3.63, 3.8) is 0 Å². The zero-order chi connectivity index (χ0) is 34.7. The van der Waals surface area contributed by atoms with E-state index in [1.54, 1.807) is 26.0 Å². The van der Waals surface area contributed by atoms with Crippen molar-refractivity contribution in [2.75, 3.05) is 30.4 Å². The Morgan fingerprint density at radius 2 is 1.88 bits per heavy atom. The van der Waals surface area contributed by atoms with Gasteiger partial charge in [-0.25, -0.2) is 4.58 Å². The maximum Gasteiger partial charge on any atom is 0.477 e. The van der Waals surface area contributed by atoms with Gasteiger partial charge in [-0.1, -0.05) is 52.2 Å². The average molecular weight is 664 g/mol. The predicted octanol–water partition coefficient (Wildman–Crippen LogP) is 10.3. The summed E-state index contributed by atoms with van der Waals surface area (Å²) in [6.45, 7) is 13.9. The number of nitrogens with one attached hydrogen (secondary N) is 1. The lowest BCUT2D eigenvalue weighted by atomic mass is 9.92. The molecule has 8 heteroatoms. The van der Waals surface area contributed by atoms with Crippen LogP contribution in [-0.4, -0.2) is 47.4 Å². The number of rotatable bonds is 12. The van der Waals surface area contributed by atoms with Crippen LogP contribution >= 0.6 is 0 Å². The number of unbranched alkanes of at least 4 members (excludes halogenated alkanes) is 1. The summed E-state index contributed by atoms with van der Waals surface area (Å²) < 4.78 is 43.6. The zero-order valence-corrected chi connectivity index (χ0v) is 29.9. The Hall–Kier alpha value is -3.42. The first-order valence-electron chi connectivity index (χ1n) is 18.0. The molecular formula is C40H54F3N4O+. The Kier molecular flexibility index (Phi) is 11.2. The molecule has 0 spiro atoms. The molecule has 0 saturated heterocycles. The van der Waals surface area contributed by atoms with Gasteiger partial charge in [0.2, 0.25) is 0 Å². The fourth-order valence-corrected chi connectivity index (χ4v) is 7.75. The molecule has 0 bridgehead atoms. The van der Waals surface area contributed by atoms with Gasteiger partial charge in [-0.3, -0.25) is 9.78 Å². The first-order chi connectivity index (χ1) is 22.7. The number of hydrogen-bond acceptors (Lipinski definition) is 4. The average Bonchev–Trinajstić information content (AvgIpc) is 3.62. The number of Topliss-reactive ketones (excluding diaryl/α,β-unsaturated/α-hetero) is 1. The number of aryl methyl sites for hydroxylation is 1. The summed E-state index contributed by atoms with van der Waals surface area (Å²) in [5, 5.41) is 3.66. The second-order valence-electron chi connectivity index (χ2n) is 14.9. The van der Waals surface area contributed by atoms with Crippen LogP contribution in [-0.2, 0) is 0 Å². The molecule has 3 aliphatic rings. The molecule has 2 aliphatic heterocycles. The molecule has 3 unspecified atom stereocenters. The van der Waals surface area contributed by atoms with Gasteiger partial charge in [0, 0.05) is 30.6 Å². The van der Waals surface area contributed by atoms with Crippen LogP contribution in [0.15, 0.2) is 47.8 Å². The number of alkyl halides is 3. The number of fused-ring (bicyclic) bond motifs is 1. The lowest BCUT2D eigenvalue weighted by Gasteiger charge is -2.25. The van der Waals surface area contributed by atoms with Crippen molar-refractivity contribution in [1.82, 2.24) is 4.98 Å². The lowest BCUT2D eigenvalue weighted by molar-refractivity contribution is -0.504. The second-order valence-corrected chi connectivity index (χ2v) is 14.9. The second kappa shape index (κ2) is 15.0. The fraction of sp³-hybridized carbons (Fsp3) is 0.575. The molecule has 3 heterocycles. The van der Waals surface area contributed by atoms with Gasteiger partial charge in [0.05, 0.1) is 22.6 Å². The van der Waals surface area contributed by atoms with Crippen molar-refractivity contribution in [3.05, 3.63) is 70.3 Å². The number of aromatic nitrogens is 1. The predicted molar refractivity (Wildman–Crippen MR) is 191 cm³/mol. The Balaban J connectivity index is 1.29. The Morgan fingerprint density at radius 3 is 2.58 bits per heavy atom. The normalized spacial score (nSPS) is 21.4. The van der Waals surface area contributed by atoms with Gasteiger partial charge < -0.3 is 10.2 Å². The molecule has 0 radical (unpaired) electrons. The quantitative estimate of drug-likeness (QED) is 0.140. The highest BCUT2D eigenvalue weighted by Crippen LogP contribution is 2.43. The lowest BCUT2D eigenvalue weighted by Crippen LogP contribution is -2.37. The highest BCUT2D eigenvalue weighted by Gasteiger charge is 2.48. The Morgan fingerprint density at radius 1 is 1.12 bits per heavy atom. The molecule has 1 saturated carbocycles. The topological polar surface area (TPSA) is 48.2 Å². The minimum absolute atomic E-state index is 0.0736. The van der Waals surface area contributed by atoms with Crippen LogP contribution < -0.4 is 10.2 Å². The molecule has 1 aromatic carbocycles. The van der Waals surface area contributed by atoms with Crippen molar-refractivity contribution in [2.45, 2.75) is 111 Å². The number of halogens is 3. The minimum Gasteiger partial charge on any atom is -0.340 e.